The van der Waals surface area contributed by atoms with Crippen LogP contribution in [0.1, 0.15) is 17.0 Å². The van der Waals surface area contributed by atoms with E-state index >= 15 is 0 Å². The summed E-state index contributed by atoms with van der Waals surface area (Å²) in [6, 6.07) is 15.7. The molecule has 24 heavy (non-hydrogen) atoms. The molecule has 1 amide bonds. The SMILES string of the molecule is Cc1ccc(S(=O)(=O)N2C[C@H](CCl)[C@@H](c3ccccc3)C2=O)cc1. The Morgan fingerprint density at radius 1 is 1.08 bits per heavy atom. The number of carbonyl (C=O) groups excluding carboxylic acids is 1. The van der Waals surface area contributed by atoms with E-state index in [2.05, 4.69) is 0 Å². The number of sulfonamides is 1. The maximum Gasteiger partial charge on any atom is 0.266 e. The number of halogens is 1. The van der Waals surface area contributed by atoms with Crippen molar-refractivity contribution < 1.29 is 13.2 Å². The minimum absolute atomic E-state index is 0.109. The molecule has 4 nitrogen and oxygen atoms in total. The van der Waals surface area contributed by atoms with Crippen molar-refractivity contribution in [2.24, 2.45) is 5.92 Å². The molecule has 3 rings (SSSR count). The van der Waals surface area contributed by atoms with Crippen molar-refractivity contribution in [3.63, 3.8) is 0 Å². The first-order chi connectivity index (χ1) is 11.4. The van der Waals surface area contributed by atoms with Crippen LogP contribution in [0.15, 0.2) is 59.5 Å². The normalized spacial score (nSPS) is 21.2. The molecule has 0 radical (unpaired) electrons. The summed E-state index contributed by atoms with van der Waals surface area (Å²) in [5.41, 5.74) is 1.76. The van der Waals surface area contributed by atoms with E-state index in [0.717, 1.165) is 15.4 Å². The Hall–Kier alpha value is -1.85. The van der Waals surface area contributed by atoms with E-state index in [1.54, 1.807) is 12.1 Å². The van der Waals surface area contributed by atoms with E-state index in [0.29, 0.717) is 0 Å². The van der Waals surface area contributed by atoms with Crippen molar-refractivity contribution >= 4 is 27.5 Å². The van der Waals surface area contributed by atoms with E-state index in [-0.39, 0.29) is 23.2 Å². The van der Waals surface area contributed by atoms with Gasteiger partial charge in [-0.1, -0.05) is 48.0 Å². The summed E-state index contributed by atoms with van der Waals surface area (Å²) in [5, 5.41) is 0. The molecular formula is C18H18ClNO3S. The van der Waals surface area contributed by atoms with Gasteiger partial charge in [0, 0.05) is 18.3 Å². The predicted molar refractivity (Wildman–Crippen MR) is 93.5 cm³/mol. The summed E-state index contributed by atoms with van der Waals surface area (Å²) in [7, 11) is -3.86. The number of hydrogen-bond donors (Lipinski definition) is 0. The van der Waals surface area contributed by atoms with Gasteiger partial charge in [0.05, 0.1) is 10.8 Å². The number of hydrogen-bond acceptors (Lipinski definition) is 3. The highest BCUT2D eigenvalue weighted by Crippen LogP contribution is 2.37. The fourth-order valence-corrected chi connectivity index (χ4v) is 4.78. The van der Waals surface area contributed by atoms with E-state index < -0.39 is 21.8 Å². The lowest BCUT2D eigenvalue weighted by molar-refractivity contribution is -0.125. The lowest BCUT2D eigenvalue weighted by Gasteiger charge is -2.17. The molecule has 0 saturated carbocycles. The molecule has 2 atom stereocenters. The van der Waals surface area contributed by atoms with E-state index in [4.69, 9.17) is 11.6 Å². The Morgan fingerprint density at radius 2 is 1.71 bits per heavy atom. The number of amides is 1. The van der Waals surface area contributed by atoms with E-state index in [1.165, 1.54) is 12.1 Å². The standard InChI is InChI=1S/C18H18ClNO3S/c1-13-7-9-16(10-8-13)24(22,23)20-12-15(11-19)17(18(20)21)14-5-3-2-4-6-14/h2-10,15,17H,11-12H2,1H3/t15-,17+/m0/s1. The van der Waals surface area contributed by atoms with E-state index in [1.807, 2.05) is 37.3 Å². The topological polar surface area (TPSA) is 54.5 Å². The summed E-state index contributed by atoms with van der Waals surface area (Å²) in [6.45, 7) is 1.99. The third-order valence-corrected chi connectivity index (χ3v) is 6.52. The Labute approximate surface area is 147 Å². The molecular weight excluding hydrogens is 346 g/mol. The highest BCUT2D eigenvalue weighted by Gasteiger charge is 2.46. The Bertz CT molecular complexity index is 834. The molecule has 0 aliphatic carbocycles. The minimum Gasteiger partial charge on any atom is -0.273 e. The van der Waals surface area contributed by atoms with Gasteiger partial charge in [-0.15, -0.1) is 11.6 Å². The first-order valence-electron chi connectivity index (χ1n) is 7.69. The van der Waals surface area contributed by atoms with Crippen LogP contribution in [0.25, 0.3) is 0 Å². The van der Waals surface area contributed by atoms with Crippen LogP contribution in [0.4, 0.5) is 0 Å². The molecule has 6 heteroatoms. The lowest BCUT2D eigenvalue weighted by atomic mass is 9.90. The molecule has 2 aromatic carbocycles. The van der Waals surface area contributed by atoms with Gasteiger partial charge in [0.15, 0.2) is 0 Å². The largest absolute Gasteiger partial charge is 0.273 e. The van der Waals surface area contributed by atoms with Crippen LogP contribution >= 0.6 is 11.6 Å². The summed E-state index contributed by atoms with van der Waals surface area (Å²) >= 11 is 6.03. The molecule has 1 aliphatic heterocycles. The number of rotatable bonds is 4. The van der Waals surface area contributed by atoms with Crippen LogP contribution in [0, 0.1) is 12.8 Å². The van der Waals surface area contributed by atoms with Gasteiger partial charge < -0.3 is 0 Å². The second kappa shape index (κ2) is 6.57. The van der Waals surface area contributed by atoms with Crippen LogP contribution < -0.4 is 0 Å². The smallest absolute Gasteiger partial charge is 0.266 e. The van der Waals surface area contributed by atoms with E-state index in [9.17, 15) is 13.2 Å². The Morgan fingerprint density at radius 3 is 2.29 bits per heavy atom. The first-order valence-corrected chi connectivity index (χ1v) is 9.67. The predicted octanol–water partition coefficient (Wildman–Crippen LogP) is 3.16. The second-order valence-corrected chi connectivity index (χ2v) is 8.16. The van der Waals surface area contributed by atoms with Crippen molar-refractivity contribution in [2.45, 2.75) is 17.7 Å². The van der Waals surface area contributed by atoms with Gasteiger partial charge in [0.1, 0.15) is 0 Å². The van der Waals surface area contributed by atoms with Crippen LogP contribution in [0.5, 0.6) is 0 Å². The van der Waals surface area contributed by atoms with Gasteiger partial charge in [0.25, 0.3) is 10.0 Å². The maximum atomic E-state index is 12.9. The molecule has 0 N–H and O–H groups in total. The second-order valence-electron chi connectivity index (χ2n) is 5.99. The van der Waals surface area contributed by atoms with Gasteiger partial charge in [-0.05, 0) is 24.6 Å². The molecule has 0 aromatic heterocycles. The summed E-state index contributed by atoms with van der Waals surface area (Å²) < 4.78 is 26.7. The zero-order valence-corrected chi connectivity index (χ0v) is 14.8. The maximum absolute atomic E-state index is 12.9. The number of carbonyl (C=O) groups is 1. The average molecular weight is 364 g/mol. The zero-order chi connectivity index (χ0) is 17.3. The molecule has 1 fully saturated rings. The van der Waals surface area contributed by atoms with Crippen molar-refractivity contribution in [3.05, 3.63) is 65.7 Å². The van der Waals surface area contributed by atoms with Gasteiger partial charge in [-0.3, -0.25) is 4.79 Å². The van der Waals surface area contributed by atoms with Gasteiger partial charge in [0.2, 0.25) is 5.91 Å². The van der Waals surface area contributed by atoms with Crippen LogP contribution in [-0.2, 0) is 14.8 Å². The molecule has 0 spiro atoms. The molecule has 0 bridgehead atoms. The molecule has 126 valence electrons. The summed E-state index contributed by atoms with van der Waals surface area (Å²) in [6.07, 6.45) is 0. The lowest BCUT2D eigenvalue weighted by Crippen LogP contribution is -2.33. The van der Waals surface area contributed by atoms with Crippen molar-refractivity contribution in [1.29, 1.82) is 0 Å². The van der Waals surface area contributed by atoms with Crippen molar-refractivity contribution in [3.8, 4) is 0 Å². The summed E-state index contributed by atoms with van der Waals surface area (Å²) in [5.74, 6) is -0.941. The molecule has 2 aromatic rings. The molecule has 1 heterocycles. The quantitative estimate of drug-likeness (QED) is 0.784. The first kappa shape index (κ1) is 17.0. The average Bonchev–Trinajstić information content (AvgIpc) is 2.93. The molecule has 0 unspecified atom stereocenters. The van der Waals surface area contributed by atoms with Crippen molar-refractivity contribution in [1.82, 2.24) is 4.31 Å². The monoisotopic (exact) mass is 363 g/mol. The molecule has 1 saturated heterocycles. The third kappa shape index (κ3) is 2.94. The fourth-order valence-electron chi connectivity index (χ4n) is 3.03. The van der Waals surface area contributed by atoms with Crippen LogP contribution in [0.2, 0.25) is 0 Å². The Kier molecular flexibility index (Phi) is 4.65. The van der Waals surface area contributed by atoms with Crippen LogP contribution in [0.3, 0.4) is 0 Å². The number of alkyl halides is 1. The highest BCUT2D eigenvalue weighted by molar-refractivity contribution is 7.89. The van der Waals surface area contributed by atoms with Gasteiger partial charge in [-0.2, -0.15) is 0 Å². The zero-order valence-electron chi connectivity index (χ0n) is 13.2. The Balaban J connectivity index is 1.98. The highest BCUT2D eigenvalue weighted by atomic mass is 35.5. The number of benzene rings is 2. The third-order valence-electron chi connectivity index (χ3n) is 4.35. The fraction of sp³-hybridized carbons (Fsp3) is 0.278. The number of nitrogens with zero attached hydrogens (tertiary/aromatic N) is 1. The van der Waals surface area contributed by atoms with Crippen LogP contribution in [-0.4, -0.2) is 31.1 Å². The van der Waals surface area contributed by atoms with Crippen molar-refractivity contribution in [2.75, 3.05) is 12.4 Å². The van der Waals surface area contributed by atoms with Gasteiger partial charge in [-0.25, -0.2) is 12.7 Å². The summed E-state index contributed by atoms with van der Waals surface area (Å²) in [4.78, 5) is 13.0. The van der Waals surface area contributed by atoms with Gasteiger partial charge >= 0.3 is 0 Å². The molecule has 1 aliphatic rings. The minimum atomic E-state index is -3.86. The number of aryl methyl sites for hydroxylation is 1.